The molecular weight excluding hydrogens is 263 g/mol. The summed E-state index contributed by atoms with van der Waals surface area (Å²) >= 11 is 0. The summed E-state index contributed by atoms with van der Waals surface area (Å²) < 4.78 is 23.5. The van der Waals surface area contributed by atoms with Gasteiger partial charge in [-0.15, -0.1) is 0 Å². The number of benzene rings is 1. The summed E-state index contributed by atoms with van der Waals surface area (Å²) in [6.07, 6.45) is 0. The average Bonchev–Trinajstić information content (AvgIpc) is 2.89. The third kappa shape index (κ3) is 3.21. The quantitative estimate of drug-likeness (QED) is 0.911. The molecule has 2 aromatic rings. The van der Waals surface area contributed by atoms with Crippen LogP contribution in [0.5, 0.6) is 0 Å². The highest BCUT2D eigenvalue weighted by molar-refractivity contribution is 5.92. The lowest BCUT2D eigenvalue weighted by molar-refractivity contribution is 0.0869. The molecule has 0 aliphatic rings. The number of methoxy groups -OCH3 is 1. The van der Waals surface area contributed by atoms with E-state index in [4.69, 9.17) is 9.26 Å². The maximum absolute atomic E-state index is 13.6. The number of hydrogen-bond donors (Lipinski definition) is 1. The molecule has 0 saturated heterocycles. The lowest BCUT2D eigenvalue weighted by atomic mass is 10.1. The molecule has 1 unspecified atom stereocenters. The Labute approximate surface area is 115 Å². The second-order valence-electron chi connectivity index (χ2n) is 4.39. The number of carbonyl (C=O) groups is 1. The van der Waals surface area contributed by atoms with Gasteiger partial charge in [0.2, 0.25) is 5.76 Å². The topological polar surface area (TPSA) is 64.4 Å². The Hall–Kier alpha value is -2.21. The molecule has 106 valence electrons. The van der Waals surface area contributed by atoms with Crippen molar-refractivity contribution < 1.29 is 18.4 Å². The van der Waals surface area contributed by atoms with Gasteiger partial charge in [-0.2, -0.15) is 0 Å². The molecule has 1 heterocycles. The molecule has 5 nitrogen and oxygen atoms in total. The fourth-order valence-corrected chi connectivity index (χ4v) is 1.76. The highest BCUT2D eigenvalue weighted by Gasteiger charge is 2.17. The molecule has 1 aromatic carbocycles. The maximum atomic E-state index is 13.6. The highest BCUT2D eigenvalue weighted by atomic mass is 19.1. The summed E-state index contributed by atoms with van der Waals surface area (Å²) in [6, 6.07) is 7.42. The Balaban J connectivity index is 2.13. The summed E-state index contributed by atoms with van der Waals surface area (Å²) in [5.41, 5.74) is 0.577. The van der Waals surface area contributed by atoms with Gasteiger partial charge in [0.05, 0.1) is 6.61 Å². The van der Waals surface area contributed by atoms with Gasteiger partial charge in [0.25, 0.3) is 5.91 Å². The molecule has 20 heavy (non-hydrogen) atoms. The van der Waals surface area contributed by atoms with Crippen LogP contribution in [0.15, 0.2) is 34.9 Å². The van der Waals surface area contributed by atoms with Gasteiger partial charge in [0.1, 0.15) is 11.5 Å². The molecule has 1 N–H and O–H groups in total. The maximum Gasteiger partial charge on any atom is 0.290 e. The molecule has 0 aliphatic carbocycles. The first-order chi connectivity index (χ1) is 9.61. The first kappa shape index (κ1) is 14.2. The largest absolute Gasteiger partial charge is 0.383 e. The van der Waals surface area contributed by atoms with Crippen molar-refractivity contribution in [3.8, 4) is 11.3 Å². The van der Waals surface area contributed by atoms with Crippen LogP contribution in [0, 0.1) is 5.82 Å². The van der Waals surface area contributed by atoms with Gasteiger partial charge in [-0.25, -0.2) is 4.39 Å². The molecule has 0 fully saturated rings. The second kappa shape index (κ2) is 6.29. The van der Waals surface area contributed by atoms with Gasteiger partial charge in [-0.1, -0.05) is 17.3 Å². The van der Waals surface area contributed by atoms with Crippen LogP contribution in [0.3, 0.4) is 0 Å². The van der Waals surface area contributed by atoms with E-state index in [1.54, 1.807) is 32.2 Å². The minimum atomic E-state index is -0.416. The number of carbonyl (C=O) groups excluding carboxylic acids is 1. The van der Waals surface area contributed by atoms with E-state index in [-0.39, 0.29) is 17.5 Å². The molecule has 0 bridgehead atoms. The van der Waals surface area contributed by atoms with Crippen LogP contribution >= 0.6 is 0 Å². The number of hydrogen-bond acceptors (Lipinski definition) is 4. The molecule has 0 aliphatic heterocycles. The molecule has 0 spiro atoms. The van der Waals surface area contributed by atoms with Crippen molar-refractivity contribution in [3.63, 3.8) is 0 Å². The summed E-state index contributed by atoms with van der Waals surface area (Å²) in [4.78, 5) is 11.9. The Morgan fingerprint density at radius 1 is 1.50 bits per heavy atom. The number of nitrogens with zero attached hydrogens (tertiary/aromatic N) is 1. The van der Waals surface area contributed by atoms with Crippen LogP contribution in [-0.4, -0.2) is 30.8 Å². The zero-order valence-corrected chi connectivity index (χ0v) is 11.2. The van der Waals surface area contributed by atoms with Crippen LogP contribution in [-0.2, 0) is 4.74 Å². The number of aromatic nitrogens is 1. The fraction of sp³-hybridized carbons (Fsp3) is 0.286. The summed E-state index contributed by atoms with van der Waals surface area (Å²) in [7, 11) is 1.55. The van der Waals surface area contributed by atoms with E-state index in [0.29, 0.717) is 12.2 Å². The molecule has 1 amide bonds. The van der Waals surface area contributed by atoms with Crippen LogP contribution in [0.4, 0.5) is 4.39 Å². The molecule has 1 atom stereocenters. The van der Waals surface area contributed by atoms with Crippen LogP contribution in [0.2, 0.25) is 0 Å². The first-order valence-corrected chi connectivity index (χ1v) is 6.13. The van der Waals surface area contributed by atoms with Crippen LogP contribution in [0.1, 0.15) is 17.5 Å². The Kier molecular flexibility index (Phi) is 4.47. The number of nitrogens with one attached hydrogen (secondary N) is 1. The molecule has 6 heteroatoms. The van der Waals surface area contributed by atoms with E-state index in [2.05, 4.69) is 10.5 Å². The zero-order valence-electron chi connectivity index (χ0n) is 11.2. The van der Waals surface area contributed by atoms with E-state index < -0.39 is 11.7 Å². The normalized spacial score (nSPS) is 12.2. The Bertz CT molecular complexity index is 598. The standard InChI is InChI=1S/C14H15FN2O3/c1-9(8-19-2)16-14(18)13-7-12(17-20-13)10-5-3-4-6-11(10)15/h3-7,9H,8H2,1-2H3,(H,16,18). The third-order valence-corrected chi connectivity index (χ3v) is 2.68. The summed E-state index contributed by atoms with van der Waals surface area (Å²) in [5, 5.41) is 6.40. The molecule has 0 radical (unpaired) electrons. The Morgan fingerprint density at radius 2 is 2.25 bits per heavy atom. The van der Waals surface area contributed by atoms with Crippen molar-refractivity contribution in [2.45, 2.75) is 13.0 Å². The second-order valence-corrected chi connectivity index (χ2v) is 4.39. The van der Waals surface area contributed by atoms with Crippen LogP contribution in [0.25, 0.3) is 11.3 Å². The van der Waals surface area contributed by atoms with Crippen molar-refractivity contribution >= 4 is 5.91 Å². The van der Waals surface area contributed by atoms with E-state index >= 15 is 0 Å². The lowest BCUT2D eigenvalue weighted by Gasteiger charge is -2.10. The average molecular weight is 278 g/mol. The number of ether oxygens (including phenoxy) is 1. The predicted octanol–water partition coefficient (Wildman–Crippen LogP) is 2.25. The number of amides is 1. The highest BCUT2D eigenvalue weighted by Crippen LogP contribution is 2.22. The Morgan fingerprint density at radius 3 is 2.95 bits per heavy atom. The molecule has 0 saturated carbocycles. The van der Waals surface area contributed by atoms with E-state index in [0.717, 1.165) is 0 Å². The minimum absolute atomic E-state index is 0.0335. The lowest BCUT2D eigenvalue weighted by Crippen LogP contribution is -2.35. The molecule has 1 aromatic heterocycles. The SMILES string of the molecule is COCC(C)NC(=O)c1cc(-c2ccccc2F)no1. The van der Waals surface area contributed by atoms with Gasteiger partial charge in [-0.3, -0.25) is 4.79 Å². The van der Waals surface area contributed by atoms with Gasteiger partial charge in [0.15, 0.2) is 0 Å². The van der Waals surface area contributed by atoms with Crippen molar-refractivity contribution in [1.82, 2.24) is 10.5 Å². The van der Waals surface area contributed by atoms with Crippen molar-refractivity contribution in [2.75, 3.05) is 13.7 Å². The van der Waals surface area contributed by atoms with Gasteiger partial charge < -0.3 is 14.6 Å². The number of halogens is 1. The third-order valence-electron chi connectivity index (χ3n) is 2.68. The van der Waals surface area contributed by atoms with E-state index in [1.807, 2.05) is 0 Å². The fourth-order valence-electron chi connectivity index (χ4n) is 1.76. The van der Waals surface area contributed by atoms with Crippen molar-refractivity contribution in [1.29, 1.82) is 0 Å². The van der Waals surface area contributed by atoms with Gasteiger partial charge in [-0.05, 0) is 19.1 Å². The van der Waals surface area contributed by atoms with E-state index in [9.17, 15) is 9.18 Å². The first-order valence-electron chi connectivity index (χ1n) is 6.13. The zero-order chi connectivity index (χ0) is 14.5. The predicted molar refractivity (Wildman–Crippen MR) is 70.7 cm³/mol. The van der Waals surface area contributed by atoms with Gasteiger partial charge in [0, 0.05) is 24.8 Å². The molecular formula is C14H15FN2O3. The van der Waals surface area contributed by atoms with Gasteiger partial charge >= 0.3 is 0 Å². The monoisotopic (exact) mass is 278 g/mol. The van der Waals surface area contributed by atoms with Crippen molar-refractivity contribution in [2.24, 2.45) is 0 Å². The summed E-state index contributed by atoms with van der Waals surface area (Å²) in [6.45, 7) is 2.19. The van der Waals surface area contributed by atoms with Crippen molar-refractivity contribution in [3.05, 3.63) is 41.9 Å². The number of rotatable bonds is 5. The minimum Gasteiger partial charge on any atom is -0.383 e. The van der Waals surface area contributed by atoms with Crippen LogP contribution < -0.4 is 5.32 Å². The smallest absolute Gasteiger partial charge is 0.290 e. The summed E-state index contributed by atoms with van der Waals surface area (Å²) in [5.74, 6) is -0.795. The van der Waals surface area contributed by atoms with E-state index in [1.165, 1.54) is 12.1 Å². The molecule has 2 rings (SSSR count).